The van der Waals surface area contributed by atoms with Gasteiger partial charge < -0.3 is 10.2 Å². The highest BCUT2D eigenvalue weighted by Crippen LogP contribution is 2.34. The van der Waals surface area contributed by atoms with E-state index in [1.165, 1.54) is 16.7 Å². The Labute approximate surface area is 132 Å². The van der Waals surface area contributed by atoms with Gasteiger partial charge in [-0.05, 0) is 43.5 Å². The summed E-state index contributed by atoms with van der Waals surface area (Å²) in [6.45, 7) is 7.06. The zero-order chi connectivity index (χ0) is 15.7. The van der Waals surface area contributed by atoms with E-state index >= 15 is 0 Å². The molecular weight excluding hydrogens is 272 g/mol. The van der Waals surface area contributed by atoms with E-state index in [-0.39, 0.29) is 12.1 Å². The molecule has 3 rings (SSSR count). The largest absolute Gasteiger partial charge is 0.361 e. The second kappa shape index (κ2) is 5.84. The standard InChI is InChI=1S/C19H22N2O/c1-4-11-21-18(15-10-9-13(2)12-14(15)3)20-17-8-6-5-7-16(17)19(21)22/h5-10,12,18,20H,4,11H2,1-3H3/t18-/m0/s1. The lowest BCUT2D eigenvalue weighted by Gasteiger charge is -2.38. The zero-order valence-electron chi connectivity index (χ0n) is 13.4. The number of rotatable bonds is 3. The number of nitrogens with one attached hydrogen (secondary N) is 1. The van der Waals surface area contributed by atoms with Crippen molar-refractivity contribution in [2.24, 2.45) is 0 Å². The minimum absolute atomic E-state index is 0.0945. The van der Waals surface area contributed by atoms with E-state index in [9.17, 15) is 4.79 Å². The Bertz CT molecular complexity index is 708. The van der Waals surface area contributed by atoms with Gasteiger partial charge in [-0.3, -0.25) is 4.79 Å². The van der Waals surface area contributed by atoms with Gasteiger partial charge in [-0.25, -0.2) is 0 Å². The van der Waals surface area contributed by atoms with Gasteiger partial charge >= 0.3 is 0 Å². The maximum Gasteiger partial charge on any atom is 0.257 e. The maximum atomic E-state index is 12.9. The number of carbonyl (C=O) groups is 1. The number of anilines is 1. The first-order valence-corrected chi connectivity index (χ1v) is 7.85. The normalized spacial score (nSPS) is 17.1. The highest BCUT2D eigenvalue weighted by Gasteiger charge is 2.32. The number of para-hydroxylation sites is 1. The first kappa shape index (κ1) is 14.6. The third-order valence-electron chi connectivity index (χ3n) is 4.21. The van der Waals surface area contributed by atoms with Crippen LogP contribution in [0.1, 0.15) is 46.6 Å². The predicted octanol–water partition coefficient (Wildman–Crippen LogP) is 4.28. The van der Waals surface area contributed by atoms with Gasteiger partial charge in [0.15, 0.2) is 0 Å². The van der Waals surface area contributed by atoms with E-state index in [2.05, 4.69) is 44.3 Å². The highest BCUT2D eigenvalue weighted by molar-refractivity contribution is 6.01. The van der Waals surface area contributed by atoms with E-state index in [4.69, 9.17) is 0 Å². The molecule has 3 heteroatoms. The molecule has 0 unspecified atom stereocenters. The van der Waals surface area contributed by atoms with Gasteiger partial charge in [0.1, 0.15) is 6.17 Å². The Hall–Kier alpha value is -2.29. The summed E-state index contributed by atoms with van der Waals surface area (Å²) in [4.78, 5) is 14.8. The molecule has 2 aromatic rings. The molecule has 1 atom stereocenters. The molecule has 114 valence electrons. The number of aryl methyl sites for hydroxylation is 2. The molecule has 1 aliphatic rings. The molecule has 0 saturated heterocycles. The van der Waals surface area contributed by atoms with Crippen molar-refractivity contribution in [2.45, 2.75) is 33.4 Å². The second-order valence-electron chi connectivity index (χ2n) is 5.95. The molecule has 0 radical (unpaired) electrons. The molecule has 0 aliphatic carbocycles. The van der Waals surface area contributed by atoms with Crippen LogP contribution in [0, 0.1) is 13.8 Å². The Balaban J connectivity index is 2.07. The number of nitrogens with zero attached hydrogens (tertiary/aromatic N) is 1. The van der Waals surface area contributed by atoms with Crippen LogP contribution in [0.15, 0.2) is 42.5 Å². The summed E-state index contributed by atoms with van der Waals surface area (Å²) >= 11 is 0. The third kappa shape index (κ3) is 2.47. The molecule has 1 amide bonds. The number of fused-ring (bicyclic) bond motifs is 1. The van der Waals surface area contributed by atoms with Crippen LogP contribution in [0.3, 0.4) is 0 Å². The summed E-state index contributed by atoms with van der Waals surface area (Å²) in [6.07, 6.45) is 0.847. The van der Waals surface area contributed by atoms with Crippen molar-refractivity contribution in [3.63, 3.8) is 0 Å². The molecule has 1 N–H and O–H groups in total. The third-order valence-corrected chi connectivity index (χ3v) is 4.21. The average molecular weight is 294 g/mol. The SMILES string of the molecule is CCCN1C(=O)c2ccccc2N[C@@H]1c1ccc(C)cc1C. The Morgan fingerprint density at radius 3 is 2.64 bits per heavy atom. The van der Waals surface area contributed by atoms with Gasteiger partial charge in [0.25, 0.3) is 5.91 Å². The van der Waals surface area contributed by atoms with Crippen LogP contribution in [0.5, 0.6) is 0 Å². The fourth-order valence-electron chi connectivity index (χ4n) is 3.14. The quantitative estimate of drug-likeness (QED) is 0.916. The van der Waals surface area contributed by atoms with Gasteiger partial charge in [0.2, 0.25) is 0 Å². The number of hydrogen-bond donors (Lipinski definition) is 1. The van der Waals surface area contributed by atoms with Crippen molar-refractivity contribution >= 4 is 11.6 Å². The van der Waals surface area contributed by atoms with Crippen LogP contribution in [0.25, 0.3) is 0 Å². The molecule has 2 aromatic carbocycles. The van der Waals surface area contributed by atoms with Crippen molar-refractivity contribution < 1.29 is 4.79 Å². The maximum absolute atomic E-state index is 12.9. The van der Waals surface area contributed by atoms with Gasteiger partial charge in [0.05, 0.1) is 5.56 Å². The van der Waals surface area contributed by atoms with Gasteiger partial charge in [-0.15, -0.1) is 0 Å². The summed E-state index contributed by atoms with van der Waals surface area (Å²) in [5.41, 5.74) is 5.31. The van der Waals surface area contributed by atoms with E-state index in [1.54, 1.807) is 0 Å². The predicted molar refractivity (Wildman–Crippen MR) is 90.0 cm³/mol. The number of carbonyl (C=O) groups excluding carboxylic acids is 1. The minimum atomic E-state index is -0.0945. The van der Waals surface area contributed by atoms with Crippen molar-refractivity contribution in [1.82, 2.24) is 4.90 Å². The Kier molecular flexibility index (Phi) is 3.88. The molecule has 0 spiro atoms. The second-order valence-corrected chi connectivity index (χ2v) is 5.95. The molecule has 1 aliphatic heterocycles. The molecule has 1 heterocycles. The fraction of sp³-hybridized carbons (Fsp3) is 0.316. The molecule has 0 bridgehead atoms. The van der Waals surface area contributed by atoms with Crippen molar-refractivity contribution in [1.29, 1.82) is 0 Å². The first-order valence-electron chi connectivity index (χ1n) is 7.85. The van der Waals surface area contributed by atoms with Crippen LogP contribution in [-0.2, 0) is 0 Å². The van der Waals surface area contributed by atoms with Crippen LogP contribution in [-0.4, -0.2) is 17.4 Å². The van der Waals surface area contributed by atoms with Crippen LogP contribution < -0.4 is 5.32 Å². The molecule has 0 aromatic heterocycles. The van der Waals surface area contributed by atoms with Crippen LogP contribution in [0.2, 0.25) is 0 Å². The van der Waals surface area contributed by atoms with Gasteiger partial charge in [-0.1, -0.05) is 42.8 Å². The van der Waals surface area contributed by atoms with E-state index in [0.717, 1.165) is 24.2 Å². The monoisotopic (exact) mass is 294 g/mol. The molecule has 3 nitrogen and oxygen atoms in total. The van der Waals surface area contributed by atoms with E-state index in [1.807, 2.05) is 29.2 Å². The minimum Gasteiger partial charge on any atom is -0.361 e. The van der Waals surface area contributed by atoms with Crippen molar-refractivity contribution in [3.8, 4) is 0 Å². The molecule has 0 saturated carbocycles. The molecule has 22 heavy (non-hydrogen) atoms. The Morgan fingerprint density at radius 1 is 1.14 bits per heavy atom. The summed E-state index contributed by atoms with van der Waals surface area (Å²) in [7, 11) is 0. The lowest BCUT2D eigenvalue weighted by molar-refractivity contribution is 0.0683. The summed E-state index contributed by atoms with van der Waals surface area (Å²) in [5, 5.41) is 3.54. The van der Waals surface area contributed by atoms with Gasteiger partial charge in [-0.2, -0.15) is 0 Å². The summed E-state index contributed by atoms with van der Waals surface area (Å²) < 4.78 is 0. The highest BCUT2D eigenvalue weighted by atomic mass is 16.2. The van der Waals surface area contributed by atoms with E-state index < -0.39 is 0 Å². The lowest BCUT2D eigenvalue weighted by Crippen LogP contribution is -2.43. The lowest BCUT2D eigenvalue weighted by atomic mass is 9.98. The summed E-state index contributed by atoms with van der Waals surface area (Å²) in [5.74, 6) is 0.112. The fourth-order valence-corrected chi connectivity index (χ4v) is 3.14. The summed E-state index contributed by atoms with van der Waals surface area (Å²) in [6, 6.07) is 14.2. The van der Waals surface area contributed by atoms with E-state index in [0.29, 0.717) is 0 Å². The molecule has 0 fully saturated rings. The Morgan fingerprint density at radius 2 is 1.91 bits per heavy atom. The average Bonchev–Trinajstić information content (AvgIpc) is 2.50. The van der Waals surface area contributed by atoms with Gasteiger partial charge in [0, 0.05) is 12.2 Å². The number of benzene rings is 2. The van der Waals surface area contributed by atoms with Crippen molar-refractivity contribution in [2.75, 3.05) is 11.9 Å². The smallest absolute Gasteiger partial charge is 0.257 e. The molecular formula is C19H22N2O. The number of hydrogen-bond acceptors (Lipinski definition) is 2. The number of amides is 1. The first-order chi connectivity index (χ1) is 10.6. The topological polar surface area (TPSA) is 32.3 Å². The van der Waals surface area contributed by atoms with Crippen LogP contribution >= 0.6 is 0 Å². The van der Waals surface area contributed by atoms with Crippen molar-refractivity contribution in [3.05, 3.63) is 64.7 Å². The van der Waals surface area contributed by atoms with Crippen LogP contribution in [0.4, 0.5) is 5.69 Å². The zero-order valence-corrected chi connectivity index (χ0v) is 13.4.